The van der Waals surface area contributed by atoms with Gasteiger partial charge in [-0.25, -0.2) is 0 Å². The lowest BCUT2D eigenvalue weighted by atomic mass is 9.50. The van der Waals surface area contributed by atoms with Crippen molar-refractivity contribution < 1.29 is 8.85 Å². The second-order valence-corrected chi connectivity index (χ2v) is 21.5. The summed E-state index contributed by atoms with van der Waals surface area (Å²) in [5, 5.41) is 0. The summed E-state index contributed by atoms with van der Waals surface area (Å²) in [7, 11) is -2.93. The molecule has 7 atom stereocenters. The highest BCUT2D eigenvalue weighted by Crippen LogP contribution is 2.63. The predicted octanol–water partition coefficient (Wildman–Crippen LogP) is 7.20. The van der Waals surface area contributed by atoms with E-state index in [0.29, 0.717) is 11.5 Å². The molecular weight excluding hydrogens is 376 g/mol. The van der Waals surface area contributed by atoms with Gasteiger partial charge in [-0.05, 0) is 126 Å². The minimum absolute atomic E-state index is 0.326. The number of fused-ring (bicyclic) bond motifs is 5. The smallest absolute Gasteiger partial charge is 0.241 e. The molecule has 0 radical (unpaired) electrons. The second-order valence-electron chi connectivity index (χ2n) is 12.6. The highest BCUT2D eigenvalue weighted by Gasteiger charge is 2.56. The van der Waals surface area contributed by atoms with Crippen molar-refractivity contribution in [2.24, 2.45) is 35.0 Å². The Bertz CT molecular complexity index is 617. The van der Waals surface area contributed by atoms with Crippen LogP contribution in [0, 0.1) is 35.0 Å². The Balaban J connectivity index is 1.44. The average molecular weight is 421 g/mol. The van der Waals surface area contributed by atoms with Crippen LogP contribution in [-0.4, -0.2) is 22.7 Å². The van der Waals surface area contributed by atoms with Gasteiger partial charge in [-0.1, -0.05) is 6.92 Å². The molecule has 4 aliphatic rings. The zero-order valence-corrected chi connectivity index (χ0v) is 21.5. The van der Waals surface area contributed by atoms with Gasteiger partial charge in [0.25, 0.3) is 0 Å². The molecule has 28 heavy (non-hydrogen) atoms. The summed E-state index contributed by atoms with van der Waals surface area (Å²) in [6, 6.07) is 0. The molecule has 0 spiro atoms. The van der Waals surface area contributed by atoms with Gasteiger partial charge in [0.15, 0.2) is 8.32 Å². The Morgan fingerprint density at radius 2 is 1.57 bits per heavy atom. The fraction of sp³-hybridized carbons (Fsp3) is 0.917. The van der Waals surface area contributed by atoms with Crippen molar-refractivity contribution in [1.82, 2.24) is 0 Å². The summed E-state index contributed by atoms with van der Waals surface area (Å²) < 4.78 is 13.1. The highest BCUT2D eigenvalue weighted by molar-refractivity contribution is 6.70. The number of rotatable bonds is 4. The lowest BCUT2D eigenvalue weighted by Crippen LogP contribution is -2.49. The van der Waals surface area contributed by atoms with E-state index in [1.165, 1.54) is 57.1 Å². The van der Waals surface area contributed by atoms with Crippen LogP contribution < -0.4 is 0 Å². The zero-order valence-electron chi connectivity index (χ0n) is 19.5. The molecule has 160 valence electrons. The first-order valence-corrected chi connectivity index (χ1v) is 18.9. The van der Waals surface area contributed by atoms with E-state index in [4.69, 9.17) is 8.85 Å². The molecule has 0 N–H and O–H groups in total. The topological polar surface area (TPSA) is 18.5 Å². The Morgan fingerprint density at radius 1 is 0.857 bits per heavy atom. The van der Waals surface area contributed by atoms with Gasteiger partial charge in [-0.2, -0.15) is 0 Å². The summed E-state index contributed by atoms with van der Waals surface area (Å²) in [6.07, 6.45) is 14.1. The SMILES string of the molecule is CC12CCC3C4CCC(O[Si](C)(C)C)CC4CCC3C1CC=C2O[Si](C)(C)C. The fourth-order valence-electron chi connectivity index (χ4n) is 7.43. The van der Waals surface area contributed by atoms with E-state index < -0.39 is 16.6 Å². The molecule has 0 aromatic heterocycles. The summed E-state index contributed by atoms with van der Waals surface area (Å²) in [6.45, 7) is 16.6. The Labute approximate surface area is 176 Å². The fourth-order valence-corrected chi connectivity index (χ4v) is 9.62. The average Bonchev–Trinajstić information content (AvgIpc) is 2.88. The first-order chi connectivity index (χ1) is 13.0. The molecule has 4 heteroatoms. The summed E-state index contributed by atoms with van der Waals surface area (Å²) in [5.41, 5.74) is 0.326. The van der Waals surface area contributed by atoms with Crippen molar-refractivity contribution in [3.8, 4) is 0 Å². The maximum atomic E-state index is 6.61. The van der Waals surface area contributed by atoms with Crippen LogP contribution in [0.3, 0.4) is 0 Å². The molecule has 7 unspecified atom stereocenters. The van der Waals surface area contributed by atoms with Crippen LogP contribution >= 0.6 is 0 Å². The highest BCUT2D eigenvalue weighted by atomic mass is 28.4. The van der Waals surface area contributed by atoms with Crippen LogP contribution in [0.2, 0.25) is 39.3 Å². The van der Waals surface area contributed by atoms with Gasteiger partial charge in [0, 0.05) is 11.5 Å². The minimum atomic E-state index is -1.52. The van der Waals surface area contributed by atoms with Crippen molar-refractivity contribution in [3.05, 3.63) is 11.8 Å². The van der Waals surface area contributed by atoms with Crippen LogP contribution in [0.4, 0.5) is 0 Å². The molecule has 0 aromatic carbocycles. The molecule has 0 amide bonds. The third-order valence-corrected chi connectivity index (χ3v) is 10.2. The Morgan fingerprint density at radius 3 is 2.25 bits per heavy atom. The van der Waals surface area contributed by atoms with Crippen molar-refractivity contribution in [3.63, 3.8) is 0 Å². The molecule has 0 aromatic rings. The summed E-state index contributed by atoms with van der Waals surface area (Å²) >= 11 is 0. The standard InChI is InChI=1S/C24H44O2Si2/c1-24-15-14-20-19-11-9-18(25-27(2,3)4)16-17(19)8-10-21(20)22(24)12-13-23(24)26-28(5,6)7/h13,17-22H,8-12,14-16H2,1-7H3. The molecule has 3 fully saturated rings. The maximum absolute atomic E-state index is 6.61. The second kappa shape index (κ2) is 7.27. The number of hydrogen-bond donors (Lipinski definition) is 0. The van der Waals surface area contributed by atoms with E-state index in [-0.39, 0.29) is 0 Å². The van der Waals surface area contributed by atoms with E-state index in [1.54, 1.807) is 0 Å². The van der Waals surface area contributed by atoms with Gasteiger partial charge in [0.1, 0.15) is 0 Å². The molecular formula is C24H44O2Si2. The van der Waals surface area contributed by atoms with Gasteiger partial charge in [0.05, 0.1) is 5.76 Å². The summed E-state index contributed by atoms with van der Waals surface area (Å²) in [5.74, 6) is 6.05. The lowest BCUT2D eigenvalue weighted by Gasteiger charge is -2.56. The monoisotopic (exact) mass is 420 g/mol. The van der Waals surface area contributed by atoms with Crippen molar-refractivity contribution >= 4 is 16.6 Å². The molecule has 2 nitrogen and oxygen atoms in total. The van der Waals surface area contributed by atoms with Crippen LogP contribution in [0.1, 0.15) is 58.3 Å². The first kappa shape index (κ1) is 21.2. The quantitative estimate of drug-likeness (QED) is 0.447. The van der Waals surface area contributed by atoms with Crippen molar-refractivity contribution in [2.45, 2.75) is 104 Å². The Kier molecular flexibility index (Phi) is 5.49. The van der Waals surface area contributed by atoms with Gasteiger partial charge < -0.3 is 8.85 Å². The Hall–Kier alpha value is -0.0662. The van der Waals surface area contributed by atoms with Crippen LogP contribution in [-0.2, 0) is 8.85 Å². The predicted molar refractivity (Wildman–Crippen MR) is 123 cm³/mol. The molecule has 0 aliphatic heterocycles. The van der Waals surface area contributed by atoms with Gasteiger partial charge in [0.2, 0.25) is 8.32 Å². The van der Waals surface area contributed by atoms with Gasteiger partial charge >= 0.3 is 0 Å². The minimum Gasteiger partial charge on any atom is -0.547 e. The van der Waals surface area contributed by atoms with E-state index in [9.17, 15) is 0 Å². The van der Waals surface area contributed by atoms with Gasteiger partial charge in [-0.15, -0.1) is 0 Å². The third-order valence-electron chi connectivity index (χ3n) is 8.35. The van der Waals surface area contributed by atoms with E-state index in [2.05, 4.69) is 52.3 Å². The van der Waals surface area contributed by atoms with Crippen molar-refractivity contribution in [1.29, 1.82) is 0 Å². The third kappa shape index (κ3) is 4.07. The van der Waals surface area contributed by atoms with E-state index in [1.807, 2.05) is 0 Å². The van der Waals surface area contributed by atoms with Crippen LogP contribution in [0.5, 0.6) is 0 Å². The van der Waals surface area contributed by atoms with Crippen LogP contribution in [0.15, 0.2) is 11.8 Å². The molecule has 0 saturated heterocycles. The number of hydrogen-bond acceptors (Lipinski definition) is 2. The van der Waals surface area contributed by atoms with E-state index in [0.717, 1.165) is 29.6 Å². The largest absolute Gasteiger partial charge is 0.547 e. The summed E-state index contributed by atoms with van der Waals surface area (Å²) in [4.78, 5) is 0. The van der Waals surface area contributed by atoms with Crippen LogP contribution in [0.25, 0.3) is 0 Å². The maximum Gasteiger partial charge on any atom is 0.241 e. The first-order valence-electron chi connectivity index (χ1n) is 12.0. The zero-order chi connectivity index (χ0) is 20.3. The number of allylic oxidation sites excluding steroid dienone is 2. The molecule has 4 rings (SSSR count). The molecule has 4 aliphatic carbocycles. The molecule has 3 saturated carbocycles. The van der Waals surface area contributed by atoms with Gasteiger partial charge in [-0.3, -0.25) is 0 Å². The molecule has 0 heterocycles. The molecule has 0 bridgehead atoms. The normalized spacial score (nSPS) is 43.6. The lowest BCUT2D eigenvalue weighted by molar-refractivity contribution is -0.0663. The van der Waals surface area contributed by atoms with Crippen molar-refractivity contribution in [2.75, 3.05) is 0 Å². The van der Waals surface area contributed by atoms with E-state index >= 15 is 0 Å².